The molecule has 2 rings (SSSR count). The number of hydrogen-bond donors (Lipinski definition) is 1. The number of rotatable bonds is 3. The van der Waals surface area contributed by atoms with Crippen LogP contribution in [0.1, 0.15) is 25.1 Å². The highest BCUT2D eigenvalue weighted by Crippen LogP contribution is 2.33. The second kappa shape index (κ2) is 5.61. The molecule has 0 unspecified atom stereocenters. The third-order valence-electron chi connectivity index (χ3n) is 3.04. The van der Waals surface area contributed by atoms with E-state index < -0.39 is 0 Å². The Kier molecular flexibility index (Phi) is 4.33. The van der Waals surface area contributed by atoms with Crippen LogP contribution >= 0.6 is 34.2 Å². The molecule has 0 aliphatic carbocycles. The van der Waals surface area contributed by atoms with Crippen LogP contribution in [-0.4, -0.2) is 11.5 Å². The van der Waals surface area contributed by atoms with Crippen LogP contribution in [0.3, 0.4) is 0 Å². The maximum atomic E-state index is 6.32. The second-order valence-corrected chi connectivity index (χ2v) is 5.88. The van der Waals surface area contributed by atoms with Gasteiger partial charge < -0.3 is 5.32 Å². The summed E-state index contributed by atoms with van der Waals surface area (Å²) in [6.07, 6.45) is 0.919. The van der Waals surface area contributed by atoms with E-state index in [-0.39, 0.29) is 0 Å². The summed E-state index contributed by atoms with van der Waals surface area (Å²) in [5.74, 6) is 0. The van der Waals surface area contributed by atoms with E-state index in [0.29, 0.717) is 0 Å². The van der Waals surface area contributed by atoms with Gasteiger partial charge in [-0.25, -0.2) is 0 Å². The summed E-state index contributed by atoms with van der Waals surface area (Å²) >= 11 is 8.61. The zero-order valence-corrected chi connectivity index (χ0v) is 13.7. The first kappa shape index (κ1) is 13.9. The molecular formula is C14H16ClIN2. The third-order valence-corrected chi connectivity index (χ3v) is 3.95. The molecule has 0 amide bonds. The monoisotopic (exact) mass is 374 g/mol. The number of aryl methyl sites for hydroxylation is 1. The van der Waals surface area contributed by atoms with E-state index in [4.69, 9.17) is 16.6 Å². The lowest BCUT2D eigenvalue weighted by atomic mass is 10.1. The Morgan fingerprint density at radius 3 is 2.67 bits per heavy atom. The van der Waals surface area contributed by atoms with E-state index in [0.717, 1.165) is 38.2 Å². The van der Waals surface area contributed by atoms with Crippen molar-refractivity contribution in [2.75, 3.05) is 11.9 Å². The molecule has 1 heterocycles. The zero-order chi connectivity index (χ0) is 13.3. The Morgan fingerprint density at radius 1 is 1.33 bits per heavy atom. The van der Waals surface area contributed by atoms with Crippen LogP contribution in [0.25, 0.3) is 10.9 Å². The number of hydrogen-bond acceptors (Lipinski definition) is 2. The van der Waals surface area contributed by atoms with Crippen LogP contribution in [-0.2, 0) is 6.42 Å². The van der Waals surface area contributed by atoms with Gasteiger partial charge in [0.05, 0.1) is 10.5 Å². The molecule has 2 aromatic rings. The molecule has 0 saturated heterocycles. The van der Waals surface area contributed by atoms with Gasteiger partial charge in [0.1, 0.15) is 0 Å². The smallest absolute Gasteiger partial charge is 0.0913 e. The molecule has 0 atom stereocenters. The summed E-state index contributed by atoms with van der Waals surface area (Å²) in [7, 11) is 0. The lowest BCUT2D eigenvalue weighted by Gasteiger charge is -2.15. The maximum absolute atomic E-state index is 6.32. The van der Waals surface area contributed by atoms with Gasteiger partial charge in [0, 0.05) is 26.9 Å². The molecule has 18 heavy (non-hydrogen) atoms. The topological polar surface area (TPSA) is 24.9 Å². The van der Waals surface area contributed by atoms with Crippen molar-refractivity contribution in [3.8, 4) is 0 Å². The van der Waals surface area contributed by atoms with Gasteiger partial charge in [-0.3, -0.25) is 4.98 Å². The van der Waals surface area contributed by atoms with Crippen molar-refractivity contribution in [2.24, 2.45) is 0 Å². The van der Waals surface area contributed by atoms with Crippen LogP contribution < -0.4 is 5.32 Å². The van der Waals surface area contributed by atoms with Gasteiger partial charge in [0.25, 0.3) is 0 Å². The fourth-order valence-corrected chi connectivity index (χ4v) is 3.25. The van der Waals surface area contributed by atoms with Gasteiger partial charge >= 0.3 is 0 Å². The fraction of sp³-hybridized carbons (Fsp3) is 0.357. The minimum atomic E-state index is 0.728. The van der Waals surface area contributed by atoms with Crippen molar-refractivity contribution in [2.45, 2.75) is 27.2 Å². The van der Waals surface area contributed by atoms with Gasteiger partial charge in [-0.15, -0.1) is 0 Å². The number of aromatic nitrogens is 1. The van der Waals surface area contributed by atoms with Crippen molar-refractivity contribution in [3.05, 3.63) is 32.0 Å². The number of nitrogens with zero attached hydrogens (tertiary/aromatic N) is 1. The molecule has 1 aromatic heterocycles. The van der Waals surface area contributed by atoms with Crippen molar-refractivity contribution >= 4 is 50.8 Å². The SMILES string of the molecule is CCNc1c(C)c(CC)nc2c(Cl)cc(I)cc12. The third kappa shape index (κ3) is 2.43. The first-order chi connectivity index (χ1) is 8.58. The summed E-state index contributed by atoms with van der Waals surface area (Å²) < 4.78 is 1.13. The largest absolute Gasteiger partial charge is 0.385 e. The van der Waals surface area contributed by atoms with E-state index in [2.05, 4.69) is 54.7 Å². The molecule has 1 aromatic carbocycles. The van der Waals surface area contributed by atoms with E-state index in [1.807, 2.05) is 6.07 Å². The van der Waals surface area contributed by atoms with Crippen molar-refractivity contribution in [1.29, 1.82) is 0 Å². The maximum Gasteiger partial charge on any atom is 0.0913 e. The average molecular weight is 375 g/mol. The van der Waals surface area contributed by atoms with Gasteiger partial charge in [-0.2, -0.15) is 0 Å². The van der Waals surface area contributed by atoms with Crippen LogP contribution in [0.2, 0.25) is 5.02 Å². The molecule has 0 fully saturated rings. The van der Waals surface area contributed by atoms with Crippen LogP contribution in [0.5, 0.6) is 0 Å². The normalized spacial score (nSPS) is 10.9. The minimum Gasteiger partial charge on any atom is -0.385 e. The van der Waals surface area contributed by atoms with Gasteiger partial charge in [-0.1, -0.05) is 18.5 Å². The highest BCUT2D eigenvalue weighted by Gasteiger charge is 2.13. The number of benzene rings is 1. The first-order valence-corrected chi connectivity index (χ1v) is 7.56. The van der Waals surface area contributed by atoms with Crippen LogP contribution in [0.4, 0.5) is 5.69 Å². The standard InChI is InChI=1S/C14H16ClIN2/c1-4-12-8(3)13(17-5-2)10-6-9(16)7-11(15)14(10)18-12/h6-7H,4-5H2,1-3H3,(H,17,18). The molecule has 1 N–H and O–H groups in total. The Hall–Kier alpha value is -0.550. The van der Waals surface area contributed by atoms with E-state index >= 15 is 0 Å². The summed E-state index contributed by atoms with van der Waals surface area (Å²) in [5.41, 5.74) is 4.40. The molecule has 96 valence electrons. The highest BCUT2D eigenvalue weighted by molar-refractivity contribution is 14.1. The summed E-state index contributed by atoms with van der Waals surface area (Å²) in [5, 5.41) is 5.29. The zero-order valence-electron chi connectivity index (χ0n) is 10.8. The van der Waals surface area contributed by atoms with Gasteiger partial charge in [0.15, 0.2) is 0 Å². The fourth-order valence-electron chi connectivity index (χ4n) is 2.18. The molecule has 0 saturated carbocycles. The predicted molar refractivity (Wildman–Crippen MR) is 87.7 cm³/mol. The van der Waals surface area contributed by atoms with Crippen molar-refractivity contribution in [1.82, 2.24) is 4.98 Å². The summed E-state index contributed by atoms with van der Waals surface area (Å²) in [6.45, 7) is 7.24. The quantitative estimate of drug-likeness (QED) is 0.781. The minimum absolute atomic E-state index is 0.728. The van der Waals surface area contributed by atoms with E-state index in [9.17, 15) is 0 Å². The Morgan fingerprint density at radius 2 is 2.06 bits per heavy atom. The lowest BCUT2D eigenvalue weighted by Crippen LogP contribution is -2.04. The number of nitrogens with one attached hydrogen (secondary N) is 1. The molecule has 0 spiro atoms. The Balaban J connectivity index is 2.86. The molecular weight excluding hydrogens is 359 g/mol. The predicted octanol–water partition coefficient (Wildman–Crippen LogP) is 4.80. The van der Waals surface area contributed by atoms with Gasteiger partial charge in [-0.05, 0) is 60.6 Å². The van der Waals surface area contributed by atoms with Crippen molar-refractivity contribution in [3.63, 3.8) is 0 Å². The number of pyridine rings is 1. The van der Waals surface area contributed by atoms with Crippen molar-refractivity contribution < 1.29 is 0 Å². The summed E-state index contributed by atoms with van der Waals surface area (Å²) in [6, 6.07) is 4.10. The van der Waals surface area contributed by atoms with E-state index in [1.54, 1.807) is 0 Å². The molecule has 0 aliphatic heterocycles. The highest BCUT2D eigenvalue weighted by atomic mass is 127. The molecule has 0 aliphatic rings. The first-order valence-electron chi connectivity index (χ1n) is 6.10. The molecule has 0 bridgehead atoms. The van der Waals surface area contributed by atoms with E-state index in [1.165, 1.54) is 11.3 Å². The molecule has 0 radical (unpaired) electrons. The average Bonchev–Trinajstić information content (AvgIpc) is 2.33. The molecule has 2 nitrogen and oxygen atoms in total. The van der Waals surface area contributed by atoms with Crippen LogP contribution in [0.15, 0.2) is 12.1 Å². The molecule has 4 heteroatoms. The number of fused-ring (bicyclic) bond motifs is 1. The van der Waals surface area contributed by atoms with Gasteiger partial charge in [0.2, 0.25) is 0 Å². The number of anilines is 1. The Labute approximate surface area is 126 Å². The second-order valence-electron chi connectivity index (χ2n) is 4.23. The summed E-state index contributed by atoms with van der Waals surface area (Å²) in [4.78, 5) is 4.70. The Bertz CT molecular complexity index is 596. The number of halogens is 2. The lowest BCUT2D eigenvalue weighted by molar-refractivity contribution is 1.03. The van der Waals surface area contributed by atoms with Crippen LogP contribution in [0, 0.1) is 10.5 Å².